The van der Waals surface area contributed by atoms with Crippen LogP contribution in [0, 0.1) is 11.7 Å². The molecule has 6 nitrogen and oxygen atoms in total. The molecule has 0 atom stereocenters. The number of amides is 3. The van der Waals surface area contributed by atoms with Crippen molar-refractivity contribution in [1.29, 1.82) is 0 Å². The van der Waals surface area contributed by atoms with Gasteiger partial charge in [-0.25, -0.2) is 9.18 Å². The van der Waals surface area contributed by atoms with E-state index in [9.17, 15) is 14.0 Å². The van der Waals surface area contributed by atoms with E-state index >= 15 is 0 Å². The van der Waals surface area contributed by atoms with Gasteiger partial charge < -0.3 is 19.4 Å². The molecule has 0 radical (unpaired) electrons. The summed E-state index contributed by atoms with van der Waals surface area (Å²) in [5.74, 6) is 0.316. The van der Waals surface area contributed by atoms with Crippen molar-refractivity contribution in [3.05, 3.63) is 35.6 Å². The zero-order chi connectivity index (χ0) is 21.4. The monoisotopic (exact) mass is 429 g/mol. The standard InChI is InChI=1S/C24H32FN3O3/c25-21-4-2-1-3-19(21)15-22(29)26-11-7-20(8-12-26)28-23(30)27(16-18-5-6-18)17-24(28)9-13-31-14-10-24/h1-4,18,20H,5-17H2. The molecule has 3 heterocycles. The van der Waals surface area contributed by atoms with Crippen molar-refractivity contribution in [2.24, 2.45) is 5.92 Å². The number of nitrogens with zero attached hydrogens (tertiary/aromatic N) is 3. The van der Waals surface area contributed by atoms with Crippen LogP contribution in [-0.2, 0) is 16.0 Å². The summed E-state index contributed by atoms with van der Waals surface area (Å²) in [7, 11) is 0. The van der Waals surface area contributed by atoms with Crippen molar-refractivity contribution in [1.82, 2.24) is 14.7 Å². The van der Waals surface area contributed by atoms with Gasteiger partial charge in [0, 0.05) is 45.4 Å². The van der Waals surface area contributed by atoms with Crippen molar-refractivity contribution in [2.75, 3.05) is 39.4 Å². The zero-order valence-electron chi connectivity index (χ0n) is 18.1. The smallest absolute Gasteiger partial charge is 0.320 e. The van der Waals surface area contributed by atoms with Crippen molar-refractivity contribution in [2.45, 2.75) is 56.5 Å². The second-order valence-electron chi connectivity index (χ2n) is 9.69. The van der Waals surface area contributed by atoms with E-state index < -0.39 is 0 Å². The second-order valence-corrected chi connectivity index (χ2v) is 9.69. The maximum Gasteiger partial charge on any atom is 0.320 e. The van der Waals surface area contributed by atoms with Gasteiger partial charge in [0.25, 0.3) is 0 Å². The Balaban J connectivity index is 1.24. The Hall–Kier alpha value is -2.15. The third-order valence-electron chi connectivity index (χ3n) is 7.55. The minimum atomic E-state index is -0.328. The van der Waals surface area contributed by atoms with Crippen LogP contribution in [0.4, 0.5) is 9.18 Å². The minimum Gasteiger partial charge on any atom is -0.381 e. The van der Waals surface area contributed by atoms with Crippen molar-refractivity contribution < 1.29 is 18.7 Å². The lowest BCUT2D eigenvalue weighted by atomic mass is 9.86. The fourth-order valence-electron chi connectivity index (χ4n) is 5.59. The molecule has 1 saturated carbocycles. The maximum atomic E-state index is 13.9. The van der Waals surface area contributed by atoms with Gasteiger partial charge in [-0.15, -0.1) is 0 Å². The number of hydrogen-bond donors (Lipinski definition) is 0. The first-order valence-corrected chi connectivity index (χ1v) is 11.7. The van der Waals surface area contributed by atoms with Gasteiger partial charge in [-0.3, -0.25) is 4.79 Å². The molecule has 7 heteroatoms. The van der Waals surface area contributed by atoms with Crippen LogP contribution in [0.25, 0.3) is 0 Å². The predicted molar refractivity (Wildman–Crippen MR) is 114 cm³/mol. The van der Waals surface area contributed by atoms with Gasteiger partial charge in [0.15, 0.2) is 0 Å². The van der Waals surface area contributed by atoms with E-state index in [-0.39, 0.29) is 35.8 Å². The lowest BCUT2D eigenvalue weighted by Gasteiger charge is -2.46. The average Bonchev–Trinajstić information content (AvgIpc) is 3.56. The minimum absolute atomic E-state index is 0.0348. The van der Waals surface area contributed by atoms with Gasteiger partial charge in [-0.05, 0) is 56.1 Å². The molecule has 5 rings (SSSR count). The number of halogens is 1. The van der Waals surface area contributed by atoms with Crippen LogP contribution in [0.2, 0.25) is 0 Å². The Morgan fingerprint density at radius 2 is 1.81 bits per heavy atom. The first-order chi connectivity index (χ1) is 15.1. The molecule has 31 heavy (non-hydrogen) atoms. The Bertz CT molecular complexity index is 829. The highest BCUT2D eigenvalue weighted by atomic mass is 19.1. The SMILES string of the molecule is O=C(Cc1ccccc1F)N1CCC(N2C(=O)N(CC3CC3)CC23CCOCC3)CC1. The number of piperidine rings is 1. The Kier molecular flexibility index (Phi) is 5.63. The molecule has 0 unspecified atom stereocenters. The van der Waals surface area contributed by atoms with E-state index in [1.54, 1.807) is 18.2 Å². The summed E-state index contributed by atoms with van der Waals surface area (Å²) in [6.45, 7) is 4.37. The van der Waals surface area contributed by atoms with E-state index in [2.05, 4.69) is 9.80 Å². The van der Waals surface area contributed by atoms with Crippen LogP contribution in [0.15, 0.2) is 24.3 Å². The summed E-state index contributed by atoms with van der Waals surface area (Å²) in [6.07, 6.45) is 5.93. The predicted octanol–water partition coefficient (Wildman–Crippen LogP) is 3.06. The molecule has 4 aliphatic rings. The molecule has 1 aliphatic carbocycles. The van der Waals surface area contributed by atoms with E-state index in [0.717, 1.165) is 38.8 Å². The van der Waals surface area contributed by atoms with E-state index in [0.29, 0.717) is 37.8 Å². The van der Waals surface area contributed by atoms with Gasteiger partial charge >= 0.3 is 6.03 Å². The molecule has 1 aromatic rings. The van der Waals surface area contributed by atoms with Gasteiger partial charge in [0.1, 0.15) is 5.82 Å². The quantitative estimate of drug-likeness (QED) is 0.723. The maximum absolute atomic E-state index is 13.9. The molecule has 168 valence electrons. The topological polar surface area (TPSA) is 53.1 Å². The summed E-state index contributed by atoms with van der Waals surface area (Å²) >= 11 is 0. The number of likely N-dealkylation sites (tertiary alicyclic amines) is 1. The normalized spacial score (nSPS) is 24.3. The highest BCUT2D eigenvalue weighted by Crippen LogP contribution is 2.41. The molecule has 3 amide bonds. The summed E-state index contributed by atoms with van der Waals surface area (Å²) in [4.78, 5) is 32.3. The van der Waals surface area contributed by atoms with E-state index in [1.807, 2.05) is 4.90 Å². The summed E-state index contributed by atoms with van der Waals surface area (Å²) in [6, 6.07) is 6.82. The zero-order valence-corrected chi connectivity index (χ0v) is 18.1. The van der Waals surface area contributed by atoms with Gasteiger partial charge in [-0.1, -0.05) is 18.2 Å². The highest BCUT2D eigenvalue weighted by Gasteiger charge is 2.53. The Morgan fingerprint density at radius 3 is 2.48 bits per heavy atom. The van der Waals surface area contributed by atoms with Gasteiger partial charge in [-0.2, -0.15) is 0 Å². The molecule has 0 bridgehead atoms. The van der Waals surface area contributed by atoms with Crippen molar-refractivity contribution in [3.63, 3.8) is 0 Å². The Labute approximate surface area is 183 Å². The summed E-state index contributed by atoms with van der Waals surface area (Å²) < 4.78 is 19.6. The van der Waals surface area contributed by atoms with Crippen LogP contribution in [0.5, 0.6) is 0 Å². The highest BCUT2D eigenvalue weighted by molar-refractivity contribution is 5.80. The second kappa shape index (κ2) is 8.41. The fraction of sp³-hybridized carbons (Fsp3) is 0.667. The van der Waals surface area contributed by atoms with Crippen LogP contribution in [0.1, 0.15) is 44.1 Å². The first kappa shape index (κ1) is 20.7. The Morgan fingerprint density at radius 1 is 1.10 bits per heavy atom. The molecule has 3 aliphatic heterocycles. The third kappa shape index (κ3) is 4.16. The van der Waals surface area contributed by atoms with Crippen LogP contribution >= 0.6 is 0 Å². The molecule has 1 aromatic carbocycles. The number of hydrogen-bond acceptors (Lipinski definition) is 3. The number of ether oxygens (including phenoxy) is 1. The number of carbonyl (C=O) groups excluding carboxylic acids is 2. The van der Waals surface area contributed by atoms with E-state index in [1.165, 1.54) is 18.9 Å². The molecular formula is C24H32FN3O3. The molecular weight excluding hydrogens is 397 g/mol. The molecule has 3 saturated heterocycles. The van der Waals surface area contributed by atoms with Gasteiger partial charge in [0.05, 0.1) is 12.0 Å². The van der Waals surface area contributed by atoms with Crippen LogP contribution in [0.3, 0.4) is 0 Å². The third-order valence-corrected chi connectivity index (χ3v) is 7.55. The van der Waals surface area contributed by atoms with Crippen molar-refractivity contribution >= 4 is 11.9 Å². The van der Waals surface area contributed by atoms with Crippen LogP contribution in [-0.4, -0.2) is 77.6 Å². The fourth-order valence-corrected chi connectivity index (χ4v) is 5.59. The summed E-state index contributed by atoms with van der Waals surface area (Å²) in [5, 5.41) is 0. The van der Waals surface area contributed by atoms with Crippen molar-refractivity contribution in [3.8, 4) is 0 Å². The number of urea groups is 1. The molecule has 0 aromatic heterocycles. The first-order valence-electron chi connectivity index (χ1n) is 11.7. The lowest BCUT2D eigenvalue weighted by molar-refractivity contribution is -0.132. The van der Waals surface area contributed by atoms with Gasteiger partial charge in [0.2, 0.25) is 5.91 Å². The number of benzene rings is 1. The molecule has 0 N–H and O–H groups in total. The summed E-state index contributed by atoms with van der Waals surface area (Å²) in [5.41, 5.74) is 0.329. The number of rotatable bonds is 5. The molecule has 4 fully saturated rings. The number of carbonyl (C=O) groups is 2. The average molecular weight is 430 g/mol. The molecule has 1 spiro atoms. The van der Waals surface area contributed by atoms with Crippen LogP contribution < -0.4 is 0 Å². The van der Waals surface area contributed by atoms with E-state index in [4.69, 9.17) is 4.74 Å². The largest absolute Gasteiger partial charge is 0.381 e. The lowest BCUT2D eigenvalue weighted by Crippen LogP contribution is -2.57.